The number of benzene rings is 1. The maximum atomic E-state index is 11.9. The summed E-state index contributed by atoms with van der Waals surface area (Å²) in [5.41, 5.74) is 2.09. The first kappa shape index (κ1) is 10.5. The Labute approximate surface area is 94.5 Å². The van der Waals surface area contributed by atoms with Crippen LogP contribution in [0.15, 0.2) is 42.5 Å². The highest BCUT2D eigenvalue weighted by atomic mass is 16.5. The molecule has 82 valence electrons. The smallest absolute Gasteiger partial charge is 0.227 e. The van der Waals surface area contributed by atoms with Crippen molar-refractivity contribution in [3.63, 3.8) is 0 Å². The third-order valence-corrected chi connectivity index (χ3v) is 2.51. The summed E-state index contributed by atoms with van der Waals surface area (Å²) in [6.07, 6.45) is 0. The van der Waals surface area contributed by atoms with Crippen LogP contribution in [0.3, 0.4) is 0 Å². The summed E-state index contributed by atoms with van der Waals surface area (Å²) in [5.74, 6) is 0.706. The molecule has 0 saturated heterocycles. The number of nitrogens with zero attached hydrogens (tertiary/aromatic N) is 1. The van der Waals surface area contributed by atoms with E-state index in [2.05, 4.69) is 0 Å². The van der Waals surface area contributed by atoms with Gasteiger partial charge in [0.1, 0.15) is 5.75 Å². The molecule has 0 fully saturated rings. The lowest BCUT2D eigenvalue weighted by Crippen LogP contribution is -2.32. The number of rotatable bonds is 2. The normalized spacial score (nSPS) is 10.1. The molecule has 2 aromatic rings. The standard InChI is InChI=1S/C13H13NO2/c1-10-6-5-8-12(14(10)15)11-7-3-4-9-13(11)16-2/h3-9H,1-2H3. The van der Waals surface area contributed by atoms with E-state index in [1.165, 1.54) is 0 Å². The van der Waals surface area contributed by atoms with Gasteiger partial charge in [-0.3, -0.25) is 0 Å². The third kappa shape index (κ3) is 1.72. The van der Waals surface area contributed by atoms with Crippen molar-refractivity contribution >= 4 is 0 Å². The largest absolute Gasteiger partial charge is 0.618 e. The van der Waals surface area contributed by atoms with Crippen LogP contribution in [-0.4, -0.2) is 7.11 Å². The Morgan fingerprint density at radius 3 is 2.56 bits per heavy atom. The first-order valence-corrected chi connectivity index (χ1v) is 5.06. The van der Waals surface area contributed by atoms with Gasteiger partial charge in [0.2, 0.25) is 5.69 Å². The van der Waals surface area contributed by atoms with E-state index in [0.717, 1.165) is 10.3 Å². The lowest BCUT2D eigenvalue weighted by Gasteiger charge is -2.09. The van der Waals surface area contributed by atoms with Gasteiger partial charge in [-0.15, -0.1) is 0 Å². The summed E-state index contributed by atoms with van der Waals surface area (Å²) in [4.78, 5) is 0. The second kappa shape index (κ2) is 4.23. The predicted octanol–water partition coefficient (Wildman–Crippen LogP) is 2.30. The highest BCUT2D eigenvalue weighted by Gasteiger charge is 2.14. The first-order valence-electron chi connectivity index (χ1n) is 5.06. The highest BCUT2D eigenvalue weighted by molar-refractivity contribution is 5.64. The van der Waals surface area contributed by atoms with Crippen LogP contribution in [-0.2, 0) is 0 Å². The Hall–Kier alpha value is -2.03. The quantitative estimate of drug-likeness (QED) is 0.569. The fourth-order valence-electron chi connectivity index (χ4n) is 1.66. The lowest BCUT2D eigenvalue weighted by atomic mass is 10.1. The Morgan fingerprint density at radius 1 is 1.06 bits per heavy atom. The number of ether oxygens (including phenoxy) is 1. The molecule has 0 saturated carbocycles. The van der Waals surface area contributed by atoms with Gasteiger partial charge in [-0.25, -0.2) is 0 Å². The van der Waals surface area contributed by atoms with E-state index in [9.17, 15) is 5.21 Å². The molecule has 3 nitrogen and oxygen atoms in total. The van der Waals surface area contributed by atoms with Crippen LogP contribution in [0.4, 0.5) is 0 Å². The molecule has 0 spiro atoms. The second-order valence-electron chi connectivity index (χ2n) is 3.55. The molecule has 1 aromatic carbocycles. The summed E-state index contributed by atoms with van der Waals surface area (Å²) in [6.45, 7) is 1.78. The maximum absolute atomic E-state index is 11.9. The van der Waals surface area contributed by atoms with E-state index in [4.69, 9.17) is 4.74 Å². The number of aryl methyl sites for hydroxylation is 1. The van der Waals surface area contributed by atoms with Crippen molar-refractivity contribution in [1.29, 1.82) is 0 Å². The molecule has 1 aromatic heterocycles. The SMILES string of the molecule is COc1ccccc1-c1cccc(C)[n+]1[O-]. The zero-order valence-corrected chi connectivity index (χ0v) is 9.31. The first-order chi connectivity index (χ1) is 7.74. The Morgan fingerprint density at radius 2 is 1.81 bits per heavy atom. The summed E-state index contributed by atoms with van der Waals surface area (Å²) < 4.78 is 6.16. The highest BCUT2D eigenvalue weighted by Crippen LogP contribution is 2.26. The molecule has 2 rings (SSSR count). The van der Waals surface area contributed by atoms with E-state index >= 15 is 0 Å². The van der Waals surface area contributed by atoms with Gasteiger partial charge in [0.25, 0.3) is 0 Å². The van der Waals surface area contributed by atoms with Gasteiger partial charge < -0.3 is 9.94 Å². The van der Waals surface area contributed by atoms with Crippen LogP contribution in [0.2, 0.25) is 0 Å². The number of pyridine rings is 1. The van der Waals surface area contributed by atoms with E-state index in [0.29, 0.717) is 17.1 Å². The van der Waals surface area contributed by atoms with Gasteiger partial charge in [0.15, 0.2) is 5.69 Å². The number of hydrogen-bond acceptors (Lipinski definition) is 2. The molecule has 0 aliphatic carbocycles. The van der Waals surface area contributed by atoms with Gasteiger partial charge in [-0.2, -0.15) is 4.73 Å². The van der Waals surface area contributed by atoms with Crippen molar-refractivity contribution in [2.24, 2.45) is 0 Å². The van der Waals surface area contributed by atoms with E-state index in [-0.39, 0.29) is 0 Å². The third-order valence-electron chi connectivity index (χ3n) is 2.51. The molecule has 16 heavy (non-hydrogen) atoms. The van der Waals surface area contributed by atoms with Crippen molar-refractivity contribution in [2.45, 2.75) is 6.92 Å². The van der Waals surface area contributed by atoms with Crippen LogP contribution in [0.5, 0.6) is 5.75 Å². The van der Waals surface area contributed by atoms with Crippen LogP contribution in [0, 0.1) is 12.1 Å². The number of aromatic nitrogens is 1. The van der Waals surface area contributed by atoms with Crippen molar-refractivity contribution in [3.05, 3.63) is 53.4 Å². The molecule has 0 amide bonds. The maximum Gasteiger partial charge on any atom is 0.227 e. The number of methoxy groups -OCH3 is 1. The molecule has 0 aliphatic rings. The Bertz CT molecular complexity index is 509. The monoisotopic (exact) mass is 215 g/mol. The molecule has 0 bridgehead atoms. The summed E-state index contributed by atoms with van der Waals surface area (Å²) in [5, 5.41) is 11.9. The molecule has 1 heterocycles. The lowest BCUT2D eigenvalue weighted by molar-refractivity contribution is -0.600. The summed E-state index contributed by atoms with van der Waals surface area (Å²) >= 11 is 0. The minimum Gasteiger partial charge on any atom is -0.618 e. The fraction of sp³-hybridized carbons (Fsp3) is 0.154. The van der Waals surface area contributed by atoms with Crippen molar-refractivity contribution in [3.8, 4) is 17.0 Å². The topological polar surface area (TPSA) is 36.2 Å². The average Bonchev–Trinajstić information content (AvgIpc) is 2.33. The average molecular weight is 215 g/mol. The number of para-hydroxylation sites is 1. The molecule has 0 unspecified atom stereocenters. The van der Waals surface area contributed by atoms with Crippen LogP contribution < -0.4 is 9.47 Å². The molecule has 0 radical (unpaired) electrons. The van der Waals surface area contributed by atoms with E-state index in [1.807, 2.05) is 30.3 Å². The summed E-state index contributed by atoms with van der Waals surface area (Å²) in [6, 6.07) is 12.9. The minimum atomic E-state index is 0.609. The zero-order chi connectivity index (χ0) is 11.5. The van der Waals surface area contributed by atoms with Crippen molar-refractivity contribution in [2.75, 3.05) is 7.11 Å². The predicted molar refractivity (Wildman–Crippen MR) is 62.1 cm³/mol. The Balaban J connectivity index is 2.63. The molecule has 0 aliphatic heterocycles. The van der Waals surface area contributed by atoms with Gasteiger partial charge in [0, 0.05) is 19.1 Å². The fourth-order valence-corrected chi connectivity index (χ4v) is 1.66. The van der Waals surface area contributed by atoms with Crippen LogP contribution in [0.25, 0.3) is 11.3 Å². The summed E-state index contributed by atoms with van der Waals surface area (Å²) in [7, 11) is 1.60. The van der Waals surface area contributed by atoms with Crippen LogP contribution in [0.1, 0.15) is 5.69 Å². The van der Waals surface area contributed by atoms with Gasteiger partial charge in [-0.05, 0) is 18.2 Å². The van der Waals surface area contributed by atoms with Gasteiger partial charge in [-0.1, -0.05) is 12.1 Å². The van der Waals surface area contributed by atoms with Gasteiger partial charge in [0.05, 0.1) is 12.7 Å². The number of hydrogen-bond donors (Lipinski definition) is 0. The van der Waals surface area contributed by atoms with Crippen molar-refractivity contribution < 1.29 is 9.47 Å². The van der Waals surface area contributed by atoms with Crippen LogP contribution >= 0.6 is 0 Å². The second-order valence-corrected chi connectivity index (χ2v) is 3.55. The van der Waals surface area contributed by atoms with Crippen molar-refractivity contribution in [1.82, 2.24) is 0 Å². The molecular weight excluding hydrogens is 202 g/mol. The molecular formula is C13H13NO2. The minimum absolute atomic E-state index is 0.609. The Kier molecular flexibility index (Phi) is 2.77. The zero-order valence-electron chi connectivity index (χ0n) is 9.31. The van der Waals surface area contributed by atoms with E-state index in [1.54, 1.807) is 26.2 Å². The molecule has 3 heteroatoms. The molecule has 0 N–H and O–H groups in total. The van der Waals surface area contributed by atoms with E-state index < -0.39 is 0 Å². The van der Waals surface area contributed by atoms with Gasteiger partial charge >= 0.3 is 0 Å². The molecule has 0 atom stereocenters.